The highest BCUT2D eigenvalue weighted by Gasteiger charge is 2.55. The number of imide groups is 1. The molecule has 3 aliphatic heterocycles. The van der Waals surface area contributed by atoms with Crippen LogP contribution in [0, 0.1) is 0 Å². The first-order valence-corrected chi connectivity index (χ1v) is 11.3. The lowest BCUT2D eigenvalue weighted by Crippen LogP contribution is -2.64. The molecule has 0 radical (unpaired) electrons. The Morgan fingerprint density at radius 1 is 1.13 bits per heavy atom. The number of amides is 3. The second kappa shape index (κ2) is 7.20. The predicted octanol–water partition coefficient (Wildman–Crippen LogP) is 1.24. The van der Waals surface area contributed by atoms with Crippen LogP contribution in [0.3, 0.4) is 0 Å². The fraction of sp³-hybridized carbons (Fsp3) is 0.350. The molecule has 3 heterocycles. The van der Waals surface area contributed by atoms with Gasteiger partial charge >= 0.3 is 6.03 Å². The van der Waals surface area contributed by atoms with Gasteiger partial charge in [0.05, 0.1) is 4.90 Å². The van der Waals surface area contributed by atoms with Crippen LogP contribution in [-0.2, 0) is 14.8 Å². The zero-order valence-corrected chi connectivity index (χ0v) is 18.5. The van der Waals surface area contributed by atoms with Crippen LogP contribution < -0.4 is 10.0 Å². The van der Waals surface area contributed by atoms with Crippen LogP contribution in [0.15, 0.2) is 57.7 Å². The molecule has 0 aromatic heterocycles. The van der Waals surface area contributed by atoms with Gasteiger partial charge in [-0.2, -0.15) is 0 Å². The van der Waals surface area contributed by atoms with E-state index < -0.39 is 28.3 Å². The Hall–Kier alpha value is -3.18. The van der Waals surface area contributed by atoms with Gasteiger partial charge in [-0.1, -0.05) is 12.2 Å². The van der Waals surface area contributed by atoms with Crippen LogP contribution >= 0.6 is 0 Å². The van der Waals surface area contributed by atoms with Crippen LogP contribution in [0.25, 0.3) is 0 Å². The Morgan fingerprint density at radius 3 is 2.35 bits per heavy atom. The normalized spacial score (nSPS) is 23.8. The summed E-state index contributed by atoms with van der Waals surface area (Å²) in [6.07, 6.45) is 2.91. The van der Waals surface area contributed by atoms with Gasteiger partial charge in [-0.25, -0.2) is 23.3 Å². The molecule has 0 bridgehead atoms. The molecule has 11 heteroatoms. The summed E-state index contributed by atoms with van der Waals surface area (Å²) in [5.74, 6) is 0.220. The smallest absolute Gasteiger partial charge is 0.302 e. The maximum absolute atomic E-state index is 13.3. The number of sulfonamides is 1. The summed E-state index contributed by atoms with van der Waals surface area (Å²) in [5.41, 5.74) is 2.37. The number of nitrogens with two attached hydrogens (primary N) is 1. The first kappa shape index (κ1) is 21.1. The van der Waals surface area contributed by atoms with E-state index in [0.29, 0.717) is 11.6 Å². The number of hydrogen-bond donors (Lipinski definition) is 1. The van der Waals surface area contributed by atoms with E-state index >= 15 is 0 Å². The van der Waals surface area contributed by atoms with Gasteiger partial charge in [0.1, 0.15) is 0 Å². The fourth-order valence-electron chi connectivity index (χ4n) is 4.09. The first-order valence-electron chi connectivity index (χ1n) is 9.74. The van der Waals surface area contributed by atoms with E-state index in [9.17, 15) is 18.0 Å². The van der Waals surface area contributed by atoms with Crippen molar-refractivity contribution in [3.8, 4) is 0 Å². The third-order valence-corrected chi connectivity index (χ3v) is 6.77. The lowest BCUT2D eigenvalue weighted by molar-refractivity contribution is -0.136. The van der Waals surface area contributed by atoms with Crippen molar-refractivity contribution in [3.05, 3.63) is 47.8 Å². The summed E-state index contributed by atoms with van der Waals surface area (Å²) in [7, 11) is -2.17. The molecule has 1 fully saturated rings. The largest absolute Gasteiger partial charge is 0.328 e. The van der Waals surface area contributed by atoms with Gasteiger partial charge < -0.3 is 4.90 Å². The average molecular weight is 445 g/mol. The van der Waals surface area contributed by atoms with Crippen molar-refractivity contribution < 1.29 is 18.0 Å². The molecule has 2 unspecified atom stereocenters. The van der Waals surface area contributed by atoms with E-state index in [4.69, 9.17) is 10.1 Å². The van der Waals surface area contributed by atoms with Gasteiger partial charge in [0.2, 0.25) is 16.0 Å². The zero-order valence-electron chi connectivity index (χ0n) is 17.7. The molecule has 3 amide bonds. The topological polar surface area (TPSA) is 120 Å². The number of primary sulfonamides is 1. The van der Waals surface area contributed by atoms with Crippen LogP contribution in [-0.4, -0.2) is 66.8 Å². The molecule has 3 aliphatic rings. The summed E-state index contributed by atoms with van der Waals surface area (Å²) in [6.45, 7) is 5.83. The van der Waals surface area contributed by atoms with Crippen molar-refractivity contribution in [2.45, 2.75) is 37.9 Å². The van der Waals surface area contributed by atoms with Gasteiger partial charge in [0.15, 0.2) is 12.2 Å². The maximum atomic E-state index is 13.3. The molecule has 0 saturated carbocycles. The molecule has 1 aromatic carbocycles. The second-order valence-corrected chi connectivity index (χ2v) is 9.18. The number of likely N-dealkylation sites (N-methyl/N-ethyl adjacent to an activating group) is 1. The van der Waals surface area contributed by atoms with E-state index in [1.807, 2.05) is 30.6 Å². The quantitative estimate of drug-likeness (QED) is 0.698. The number of rotatable bonds is 4. The van der Waals surface area contributed by atoms with Crippen LogP contribution in [0.2, 0.25) is 0 Å². The molecule has 4 rings (SSSR count). The minimum absolute atomic E-state index is 0.00724. The summed E-state index contributed by atoms with van der Waals surface area (Å²) in [6, 6.07) is 5.08. The summed E-state index contributed by atoms with van der Waals surface area (Å²) in [4.78, 5) is 37.2. The first-order chi connectivity index (χ1) is 14.6. The van der Waals surface area contributed by atoms with Gasteiger partial charge in [-0.3, -0.25) is 19.5 Å². The SMILES string of the molecule is C/C=C/CN1C(=O)C2C(N=C3N(c4ccc(S(N)(=O)=O)cc4)C(C)=C(C)N32)N(C)C1=O. The molecule has 2 N–H and O–H groups in total. The number of anilines is 1. The number of urea groups is 1. The third-order valence-electron chi connectivity index (χ3n) is 5.84. The van der Waals surface area contributed by atoms with E-state index in [1.54, 1.807) is 31.3 Å². The molecular formula is C20H24N6O4S. The lowest BCUT2D eigenvalue weighted by atomic mass is 10.1. The summed E-state index contributed by atoms with van der Waals surface area (Å²) in [5, 5.41) is 5.20. The Morgan fingerprint density at radius 2 is 1.77 bits per heavy atom. The monoisotopic (exact) mass is 444 g/mol. The number of allylic oxidation sites excluding steroid dienone is 3. The van der Waals surface area contributed by atoms with Gasteiger partial charge in [0.25, 0.3) is 5.91 Å². The number of carbonyl (C=O) groups excluding carboxylic acids is 2. The standard InChI is InChI=1S/C20H24N6O4S/c1-5-6-11-24-18(27)16-17(23(4)20(24)28)22-19-25(12(2)13(3)26(16)19)14-7-9-15(10-8-14)31(21,29)30/h5-10,16-17H,11H2,1-4H3,(H2,21,29,30)/b6-5+. The number of aliphatic imine (C=N–C) groups is 1. The van der Waals surface area contributed by atoms with Crippen LogP contribution in [0.5, 0.6) is 0 Å². The number of nitrogens with zero attached hydrogens (tertiary/aromatic N) is 5. The van der Waals surface area contributed by atoms with Crippen molar-refractivity contribution in [1.82, 2.24) is 14.7 Å². The lowest BCUT2D eigenvalue weighted by Gasteiger charge is -2.40. The minimum atomic E-state index is -3.81. The molecule has 31 heavy (non-hydrogen) atoms. The molecule has 10 nitrogen and oxygen atoms in total. The van der Waals surface area contributed by atoms with E-state index in [1.165, 1.54) is 21.9 Å². The minimum Gasteiger partial charge on any atom is -0.302 e. The van der Waals surface area contributed by atoms with Gasteiger partial charge in [-0.15, -0.1) is 0 Å². The Bertz CT molecular complexity index is 1150. The van der Waals surface area contributed by atoms with E-state index in [2.05, 4.69) is 0 Å². The highest BCUT2D eigenvalue weighted by atomic mass is 32.2. The molecule has 0 aliphatic carbocycles. The van der Waals surface area contributed by atoms with Gasteiger partial charge in [-0.05, 0) is 45.0 Å². The van der Waals surface area contributed by atoms with E-state index in [-0.39, 0.29) is 17.3 Å². The fourth-order valence-corrected chi connectivity index (χ4v) is 4.60. The van der Waals surface area contributed by atoms with Crippen LogP contribution in [0.1, 0.15) is 20.8 Å². The summed E-state index contributed by atoms with van der Waals surface area (Å²) < 4.78 is 23.2. The number of hydrogen-bond acceptors (Lipinski definition) is 7. The van der Waals surface area contributed by atoms with Gasteiger partial charge in [0, 0.05) is 30.7 Å². The molecule has 164 valence electrons. The maximum Gasteiger partial charge on any atom is 0.328 e. The van der Waals surface area contributed by atoms with E-state index in [0.717, 1.165) is 11.4 Å². The number of carbonyl (C=O) groups is 2. The van der Waals surface area contributed by atoms with Crippen molar-refractivity contribution in [3.63, 3.8) is 0 Å². The van der Waals surface area contributed by atoms with Crippen LogP contribution in [0.4, 0.5) is 10.5 Å². The Kier molecular flexibility index (Phi) is 4.90. The average Bonchev–Trinajstić information content (AvgIpc) is 3.22. The van der Waals surface area contributed by atoms with Crippen molar-refractivity contribution in [2.75, 3.05) is 18.5 Å². The molecule has 0 spiro atoms. The second-order valence-electron chi connectivity index (χ2n) is 7.61. The number of guanidine groups is 1. The Labute approximate surface area is 181 Å². The predicted molar refractivity (Wildman–Crippen MR) is 115 cm³/mol. The van der Waals surface area contributed by atoms with Crippen molar-refractivity contribution >= 4 is 33.6 Å². The van der Waals surface area contributed by atoms with Crippen molar-refractivity contribution in [1.29, 1.82) is 0 Å². The zero-order chi connectivity index (χ0) is 22.7. The molecule has 1 aromatic rings. The number of benzene rings is 1. The molecule has 1 saturated heterocycles. The molecular weight excluding hydrogens is 420 g/mol. The third kappa shape index (κ3) is 3.12. The van der Waals surface area contributed by atoms with Crippen molar-refractivity contribution in [2.24, 2.45) is 10.1 Å². The molecule has 2 atom stereocenters. The highest BCUT2D eigenvalue weighted by Crippen LogP contribution is 2.40. The summed E-state index contributed by atoms with van der Waals surface area (Å²) >= 11 is 0. The highest BCUT2D eigenvalue weighted by molar-refractivity contribution is 7.89. The number of fused-ring (bicyclic) bond motifs is 3. The Balaban J connectivity index is 1.74.